The third-order valence-electron chi connectivity index (χ3n) is 6.03. The maximum Gasteiger partial charge on any atom is 0.220 e. The topological polar surface area (TPSA) is 22.2 Å². The molecule has 0 saturated carbocycles. The van der Waals surface area contributed by atoms with Gasteiger partial charge in [-0.15, -0.1) is 0 Å². The molecule has 1 aliphatic rings. The summed E-state index contributed by atoms with van der Waals surface area (Å²) < 4.78 is 4.62. The van der Waals surface area contributed by atoms with E-state index in [1.807, 2.05) is 18.2 Å². The first kappa shape index (κ1) is 17.5. The number of imidazole rings is 2. The Morgan fingerprint density at radius 3 is 2.47 bits per heavy atom. The number of allylic oxidation sites excluding steroid dienone is 1. The average Bonchev–Trinajstić information content (AvgIpc) is 3.30. The summed E-state index contributed by atoms with van der Waals surface area (Å²) in [4.78, 5) is 5.02. The van der Waals surface area contributed by atoms with E-state index in [1.54, 1.807) is 0 Å². The summed E-state index contributed by atoms with van der Waals surface area (Å²) in [6, 6.07) is 27.0. The molecule has 3 nitrogen and oxygen atoms in total. The number of rotatable bonds is 2. The zero-order valence-corrected chi connectivity index (χ0v) is 17.3. The highest BCUT2D eigenvalue weighted by Crippen LogP contribution is 2.43. The van der Waals surface area contributed by atoms with Crippen molar-refractivity contribution in [1.29, 1.82) is 0 Å². The fraction of sp³-hybridized carbons (Fsp3) is 0.115. The fourth-order valence-corrected chi connectivity index (χ4v) is 5.00. The summed E-state index contributed by atoms with van der Waals surface area (Å²) in [5.41, 5.74) is 8.14. The van der Waals surface area contributed by atoms with Crippen molar-refractivity contribution in [1.82, 2.24) is 14.0 Å². The van der Waals surface area contributed by atoms with Gasteiger partial charge in [0, 0.05) is 16.6 Å². The highest BCUT2D eigenvalue weighted by atomic mass is 35.5. The quantitative estimate of drug-likeness (QED) is 0.308. The van der Waals surface area contributed by atoms with Crippen LogP contribution in [0.3, 0.4) is 0 Å². The summed E-state index contributed by atoms with van der Waals surface area (Å²) in [6.07, 6.45) is 3.24. The highest BCUT2D eigenvalue weighted by molar-refractivity contribution is 6.32. The third kappa shape index (κ3) is 2.49. The predicted octanol–water partition coefficient (Wildman–Crippen LogP) is 6.98. The zero-order chi connectivity index (χ0) is 20.2. The second kappa shape index (κ2) is 6.61. The molecule has 5 aromatic rings. The monoisotopic (exact) mass is 409 g/mol. The van der Waals surface area contributed by atoms with Gasteiger partial charge in [-0.25, -0.2) is 4.98 Å². The van der Waals surface area contributed by atoms with Crippen LogP contribution in [0.1, 0.15) is 36.2 Å². The fourth-order valence-electron chi connectivity index (χ4n) is 4.74. The number of fused-ring (bicyclic) bond motifs is 5. The van der Waals surface area contributed by atoms with E-state index in [-0.39, 0.29) is 0 Å². The molecule has 0 radical (unpaired) electrons. The lowest BCUT2D eigenvalue weighted by Gasteiger charge is -2.23. The minimum absolute atomic E-state index is 0.331. The van der Waals surface area contributed by atoms with Crippen LogP contribution in [0.2, 0.25) is 5.02 Å². The molecular weight excluding hydrogens is 390 g/mol. The SMILES string of the molecule is CC1CC(c2ccccc2Cl)=Cc2c1n(-c1ccccc1)c1nc3ccccc3n21. The average molecular weight is 410 g/mol. The van der Waals surface area contributed by atoms with Gasteiger partial charge in [-0.2, -0.15) is 0 Å². The van der Waals surface area contributed by atoms with Gasteiger partial charge in [-0.3, -0.25) is 8.97 Å². The first-order valence-corrected chi connectivity index (χ1v) is 10.6. The lowest BCUT2D eigenvalue weighted by atomic mass is 9.86. The smallest absolute Gasteiger partial charge is 0.220 e. The van der Waals surface area contributed by atoms with Crippen LogP contribution in [0.5, 0.6) is 0 Å². The van der Waals surface area contributed by atoms with E-state index >= 15 is 0 Å². The van der Waals surface area contributed by atoms with Crippen LogP contribution in [0, 0.1) is 0 Å². The van der Waals surface area contributed by atoms with Crippen molar-refractivity contribution in [3.8, 4) is 5.69 Å². The Kier molecular flexibility index (Phi) is 3.87. The molecule has 0 bridgehead atoms. The molecule has 0 saturated heterocycles. The molecule has 0 fully saturated rings. The maximum absolute atomic E-state index is 6.56. The molecule has 1 aliphatic carbocycles. The predicted molar refractivity (Wildman–Crippen MR) is 124 cm³/mol. The van der Waals surface area contributed by atoms with Gasteiger partial charge in [-0.05, 0) is 54.0 Å². The van der Waals surface area contributed by atoms with Crippen molar-refractivity contribution < 1.29 is 0 Å². The van der Waals surface area contributed by atoms with Gasteiger partial charge >= 0.3 is 0 Å². The Hall–Kier alpha value is -3.30. The second-order valence-electron chi connectivity index (χ2n) is 7.93. The lowest BCUT2D eigenvalue weighted by Crippen LogP contribution is -2.10. The molecule has 0 N–H and O–H groups in total. The minimum Gasteiger partial charge on any atom is -0.282 e. The Bertz CT molecular complexity index is 1440. The van der Waals surface area contributed by atoms with E-state index in [4.69, 9.17) is 16.6 Å². The van der Waals surface area contributed by atoms with Crippen molar-refractivity contribution in [3.63, 3.8) is 0 Å². The van der Waals surface area contributed by atoms with E-state index in [0.29, 0.717) is 5.92 Å². The molecule has 6 rings (SSSR count). The lowest BCUT2D eigenvalue weighted by molar-refractivity contribution is 0.730. The van der Waals surface area contributed by atoms with E-state index < -0.39 is 0 Å². The summed E-state index contributed by atoms with van der Waals surface area (Å²) in [7, 11) is 0. The van der Waals surface area contributed by atoms with Crippen molar-refractivity contribution in [3.05, 3.63) is 101 Å². The number of halogens is 1. The molecule has 30 heavy (non-hydrogen) atoms. The Balaban J connectivity index is 1.73. The second-order valence-corrected chi connectivity index (χ2v) is 8.34. The molecule has 3 aromatic carbocycles. The zero-order valence-electron chi connectivity index (χ0n) is 16.6. The van der Waals surface area contributed by atoms with Gasteiger partial charge < -0.3 is 0 Å². The van der Waals surface area contributed by atoms with Crippen molar-refractivity contribution >= 4 is 40.1 Å². The third-order valence-corrected chi connectivity index (χ3v) is 6.35. The molecule has 4 heteroatoms. The first-order valence-electron chi connectivity index (χ1n) is 10.2. The van der Waals surface area contributed by atoms with Crippen LogP contribution < -0.4 is 0 Å². The standard InChI is InChI=1S/C26H20ClN3/c1-17-15-18(20-11-5-6-12-21(20)27)16-24-25(17)29(19-9-3-2-4-10-19)26-28-22-13-7-8-14-23(22)30(24)26/h2-14,16-17H,15H2,1H3. The summed E-state index contributed by atoms with van der Waals surface area (Å²) in [5.74, 6) is 1.29. The van der Waals surface area contributed by atoms with Crippen LogP contribution >= 0.6 is 11.6 Å². The summed E-state index contributed by atoms with van der Waals surface area (Å²) >= 11 is 6.56. The minimum atomic E-state index is 0.331. The number of benzene rings is 3. The van der Waals surface area contributed by atoms with Gasteiger partial charge in [0.25, 0.3) is 0 Å². The maximum atomic E-state index is 6.56. The van der Waals surface area contributed by atoms with E-state index in [1.165, 1.54) is 17.0 Å². The summed E-state index contributed by atoms with van der Waals surface area (Å²) in [6.45, 7) is 2.30. The van der Waals surface area contributed by atoms with Crippen LogP contribution in [-0.4, -0.2) is 14.0 Å². The molecule has 2 aromatic heterocycles. The molecule has 0 amide bonds. The first-order chi connectivity index (χ1) is 14.7. The molecule has 2 heterocycles. The van der Waals surface area contributed by atoms with Crippen LogP contribution in [0.15, 0.2) is 78.9 Å². The van der Waals surface area contributed by atoms with Crippen molar-refractivity contribution in [2.75, 3.05) is 0 Å². The number of hydrogen-bond acceptors (Lipinski definition) is 1. The molecule has 0 aliphatic heterocycles. The van der Waals surface area contributed by atoms with E-state index in [0.717, 1.165) is 39.5 Å². The summed E-state index contributed by atoms with van der Waals surface area (Å²) in [5, 5.41) is 0.800. The Labute approximate surface area is 179 Å². The molecule has 0 spiro atoms. The molecular formula is C26H20ClN3. The van der Waals surface area contributed by atoms with Gasteiger partial charge in [0.05, 0.1) is 22.4 Å². The van der Waals surface area contributed by atoms with Crippen LogP contribution in [0.25, 0.3) is 34.1 Å². The van der Waals surface area contributed by atoms with Gasteiger partial charge in [0.1, 0.15) is 0 Å². The van der Waals surface area contributed by atoms with Crippen LogP contribution in [-0.2, 0) is 0 Å². The normalized spacial score (nSPS) is 16.1. The van der Waals surface area contributed by atoms with Crippen LogP contribution in [0.4, 0.5) is 0 Å². The van der Waals surface area contributed by atoms with E-state index in [2.05, 4.69) is 82.6 Å². The Morgan fingerprint density at radius 2 is 1.63 bits per heavy atom. The molecule has 1 unspecified atom stereocenters. The van der Waals surface area contributed by atoms with Crippen molar-refractivity contribution in [2.24, 2.45) is 0 Å². The highest BCUT2D eigenvalue weighted by Gasteiger charge is 2.29. The largest absolute Gasteiger partial charge is 0.282 e. The Morgan fingerprint density at radius 1 is 0.900 bits per heavy atom. The van der Waals surface area contributed by atoms with Gasteiger partial charge in [-0.1, -0.05) is 67.1 Å². The number of nitrogens with zero attached hydrogens (tertiary/aromatic N) is 3. The van der Waals surface area contributed by atoms with Crippen molar-refractivity contribution in [2.45, 2.75) is 19.3 Å². The number of para-hydroxylation sites is 3. The van der Waals surface area contributed by atoms with Gasteiger partial charge in [0.15, 0.2) is 0 Å². The number of aromatic nitrogens is 3. The molecule has 1 atom stereocenters. The number of hydrogen-bond donors (Lipinski definition) is 0. The van der Waals surface area contributed by atoms with Gasteiger partial charge in [0.2, 0.25) is 5.78 Å². The molecule has 146 valence electrons. The van der Waals surface area contributed by atoms with E-state index in [9.17, 15) is 0 Å².